The fraction of sp³-hybridized carbons (Fsp3) is 0.286. The number of hydrogen-bond acceptors (Lipinski definition) is 3. The van der Waals surface area contributed by atoms with Crippen molar-refractivity contribution in [2.45, 2.75) is 19.2 Å². The summed E-state index contributed by atoms with van der Waals surface area (Å²) in [5, 5.41) is 0. The molecule has 8 heteroatoms. The standard InChI is InChI=1S/C21H17F4NO3/c22-14-5-3-13(4-6-14)19-16-11-15(29-21(23,24)25)7-8-18(16)28-12-17(19)20(27)26-9-1-2-10-26/h3-8,11H,1-2,9-10,12H2. The Morgan fingerprint density at radius 3 is 2.38 bits per heavy atom. The van der Waals surface area contributed by atoms with Crippen LogP contribution in [0, 0.1) is 5.82 Å². The first-order valence-corrected chi connectivity index (χ1v) is 9.13. The molecule has 0 radical (unpaired) electrons. The van der Waals surface area contributed by atoms with E-state index in [1.165, 1.54) is 36.4 Å². The van der Waals surface area contributed by atoms with Crippen molar-refractivity contribution in [2.24, 2.45) is 0 Å². The van der Waals surface area contributed by atoms with Crippen molar-refractivity contribution in [2.75, 3.05) is 19.7 Å². The van der Waals surface area contributed by atoms with Gasteiger partial charge in [-0.15, -0.1) is 13.2 Å². The maximum Gasteiger partial charge on any atom is 0.573 e. The van der Waals surface area contributed by atoms with E-state index in [2.05, 4.69) is 4.74 Å². The van der Waals surface area contributed by atoms with Crippen LogP contribution in [0.25, 0.3) is 5.57 Å². The zero-order chi connectivity index (χ0) is 20.6. The lowest BCUT2D eigenvalue weighted by molar-refractivity contribution is -0.274. The lowest BCUT2D eigenvalue weighted by Crippen LogP contribution is -2.33. The summed E-state index contributed by atoms with van der Waals surface area (Å²) in [5.41, 5.74) is 1.57. The summed E-state index contributed by atoms with van der Waals surface area (Å²) < 4.78 is 61.2. The van der Waals surface area contributed by atoms with E-state index in [0.717, 1.165) is 18.9 Å². The summed E-state index contributed by atoms with van der Waals surface area (Å²) in [7, 11) is 0. The van der Waals surface area contributed by atoms with Gasteiger partial charge in [0.2, 0.25) is 0 Å². The minimum Gasteiger partial charge on any atom is -0.488 e. The minimum absolute atomic E-state index is 0.0193. The van der Waals surface area contributed by atoms with Crippen molar-refractivity contribution < 1.29 is 31.8 Å². The van der Waals surface area contributed by atoms with Gasteiger partial charge in [-0.05, 0) is 48.7 Å². The summed E-state index contributed by atoms with van der Waals surface area (Å²) in [6, 6.07) is 9.19. The van der Waals surface area contributed by atoms with E-state index >= 15 is 0 Å². The van der Waals surface area contributed by atoms with Gasteiger partial charge in [0.05, 0.1) is 5.57 Å². The largest absolute Gasteiger partial charge is 0.573 e. The Morgan fingerprint density at radius 2 is 1.72 bits per heavy atom. The number of rotatable bonds is 3. The molecule has 2 aliphatic heterocycles. The molecule has 0 N–H and O–H groups in total. The van der Waals surface area contributed by atoms with Gasteiger partial charge in [0.15, 0.2) is 0 Å². The van der Waals surface area contributed by atoms with Gasteiger partial charge in [-0.2, -0.15) is 0 Å². The van der Waals surface area contributed by atoms with Gasteiger partial charge in [0.1, 0.15) is 23.9 Å². The zero-order valence-electron chi connectivity index (χ0n) is 15.3. The topological polar surface area (TPSA) is 38.8 Å². The third-order valence-electron chi connectivity index (χ3n) is 4.91. The first-order valence-electron chi connectivity index (χ1n) is 9.13. The molecule has 4 rings (SSSR count). The molecular weight excluding hydrogens is 390 g/mol. The smallest absolute Gasteiger partial charge is 0.488 e. The second-order valence-electron chi connectivity index (χ2n) is 6.85. The van der Waals surface area contributed by atoms with Gasteiger partial charge in [0, 0.05) is 24.2 Å². The molecule has 0 bridgehead atoms. The number of halogens is 4. The van der Waals surface area contributed by atoms with Crippen LogP contribution in [0.15, 0.2) is 48.0 Å². The lowest BCUT2D eigenvalue weighted by Gasteiger charge is -2.27. The predicted molar refractivity (Wildman–Crippen MR) is 96.9 cm³/mol. The highest BCUT2D eigenvalue weighted by Gasteiger charge is 2.33. The van der Waals surface area contributed by atoms with Crippen LogP contribution in [0.1, 0.15) is 24.0 Å². The number of fused-ring (bicyclic) bond motifs is 1. The van der Waals surface area contributed by atoms with Crippen molar-refractivity contribution >= 4 is 11.5 Å². The molecule has 0 aromatic heterocycles. The molecule has 1 saturated heterocycles. The number of ether oxygens (including phenoxy) is 2. The number of benzene rings is 2. The van der Waals surface area contributed by atoms with E-state index < -0.39 is 17.9 Å². The number of carbonyl (C=O) groups excluding carboxylic acids is 1. The fourth-order valence-electron chi connectivity index (χ4n) is 3.64. The van der Waals surface area contributed by atoms with Crippen molar-refractivity contribution in [1.82, 2.24) is 4.90 Å². The predicted octanol–water partition coefficient (Wildman–Crippen LogP) is 4.54. The number of likely N-dealkylation sites (tertiary alicyclic amines) is 1. The zero-order valence-corrected chi connectivity index (χ0v) is 15.3. The van der Waals surface area contributed by atoms with Crippen molar-refractivity contribution in [3.63, 3.8) is 0 Å². The van der Waals surface area contributed by atoms with Crippen molar-refractivity contribution in [3.8, 4) is 11.5 Å². The summed E-state index contributed by atoms with van der Waals surface area (Å²) in [5.74, 6) is -0.774. The van der Waals surface area contributed by atoms with Gasteiger partial charge >= 0.3 is 6.36 Å². The average Bonchev–Trinajstić information content (AvgIpc) is 3.21. The minimum atomic E-state index is -4.85. The molecule has 1 fully saturated rings. The van der Waals surface area contributed by atoms with E-state index in [0.29, 0.717) is 41.1 Å². The number of nitrogens with zero attached hydrogens (tertiary/aromatic N) is 1. The normalized spacial score (nSPS) is 16.5. The second kappa shape index (κ2) is 7.42. The molecule has 0 saturated carbocycles. The molecule has 2 aromatic rings. The molecule has 0 unspecified atom stereocenters. The van der Waals surface area contributed by atoms with Gasteiger partial charge in [-0.25, -0.2) is 4.39 Å². The summed E-state index contributed by atoms with van der Waals surface area (Å²) in [6.45, 7) is 1.21. The first-order chi connectivity index (χ1) is 13.8. The molecule has 2 heterocycles. The highest BCUT2D eigenvalue weighted by molar-refractivity contribution is 6.06. The molecule has 0 atom stereocenters. The van der Waals surface area contributed by atoms with E-state index in [1.54, 1.807) is 4.90 Å². The summed E-state index contributed by atoms with van der Waals surface area (Å²) >= 11 is 0. The van der Waals surface area contributed by atoms with Crippen LogP contribution in [-0.2, 0) is 4.79 Å². The van der Waals surface area contributed by atoms with Gasteiger partial charge in [-0.1, -0.05) is 12.1 Å². The molecule has 4 nitrogen and oxygen atoms in total. The Morgan fingerprint density at radius 1 is 1.03 bits per heavy atom. The second-order valence-corrected chi connectivity index (χ2v) is 6.85. The number of hydrogen-bond donors (Lipinski definition) is 0. The molecule has 0 aliphatic carbocycles. The van der Waals surface area contributed by atoms with Crippen LogP contribution in [0.4, 0.5) is 17.6 Å². The highest BCUT2D eigenvalue weighted by atomic mass is 19.4. The maximum absolute atomic E-state index is 13.4. The van der Waals surface area contributed by atoms with Gasteiger partial charge in [0.25, 0.3) is 5.91 Å². The van der Waals surface area contributed by atoms with Crippen LogP contribution in [0.2, 0.25) is 0 Å². The molecule has 29 heavy (non-hydrogen) atoms. The molecule has 2 aromatic carbocycles. The van der Waals surface area contributed by atoms with Crippen LogP contribution in [0.5, 0.6) is 11.5 Å². The highest BCUT2D eigenvalue weighted by Crippen LogP contribution is 2.41. The SMILES string of the molecule is O=C(C1=C(c2ccc(F)cc2)c2cc(OC(F)(F)F)ccc2OC1)N1CCCC1. The summed E-state index contributed by atoms with van der Waals surface area (Å²) in [6.07, 6.45) is -3.06. The van der Waals surface area contributed by atoms with E-state index in [9.17, 15) is 22.4 Å². The van der Waals surface area contributed by atoms with Crippen molar-refractivity contribution in [1.29, 1.82) is 0 Å². The molecule has 152 valence electrons. The van der Waals surface area contributed by atoms with Crippen molar-refractivity contribution in [3.05, 3.63) is 65.0 Å². The Hall–Kier alpha value is -3.03. The lowest BCUT2D eigenvalue weighted by atomic mass is 9.90. The number of amides is 1. The third-order valence-corrected chi connectivity index (χ3v) is 4.91. The Labute approximate surface area is 164 Å². The Bertz CT molecular complexity index is 961. The van der Waals surface area contributed by atoms with Crippen LogP contribution in [-0.4, -0.2) is 36.9 Å². The summed E-state index contributed by atoms with van der Waals surface area (Å²) in [4.78, 5) is 14.8. The first kappa shape index (κ1) is 19.3. The monoisotopic (exact) mass is 407 g/mol. The van der Waals surface area contributed by atoms with Gasteiger partial charge < -0.3 is 14.4 Å². The van der Waals surface area contributed by atoms with E-state index in [4.69, 9.17) is 4.74 Å². The van der Waals surface area contributed by atoms with Crippen LogP contribution >= 0.6 is 0 Å². The molecule has 1 amide bonds. The number of alkyl halides is 3. The Kier molecular flexibility index (Phi) is 4.94. The maximum atomic E-state index is 13.4. The third kappa shape index (κ3) is 4.06. The molecule has 0 spiro atoms. The van der Waals surface area contributed by atoms with Gasteiger partial charge in [-0.3, -0.25) is 4.79 Å². The number of carbonyl (C=O) groups is 1. The quantitative estimate of drug-likeness (QED) is 0.702. The van der Waals surface area contributed by atoms with E-state index in [-0.39, 0.29) is 12.5 Å². The fourth-order valence-corrected chi connectivity index (χ4v) is 3.64. The van der Waals surface area contributed by atoms with E-state index in [1.807, 2.05) is 0 Å². The Balaban J connectivity index is 1.85. The average molecular weight is 407 g/mol. The molecule has 2 aliphatic rings. The van der Waals surface area contributed by atoms with Crippen LogP contribution in [0.3, 0.4) is 0 Å². The molecular formula is C21H17F4NO3. The van der Waals surface area contributed by atoms with Crippen LogP contribution < -0.4 is 9.47 Å².